The highest BCUT2D eigenvalue weighted by molar-refractivity contribution is 5.58. The van der Waals surface area contributed by atoms with Gasteiger partial charge in [0.25, 0.3) is 0 Å². The molecule has 0 amide bonds. The fourth-order valence-corrected chi connectivity index (χ4v) is 1.87. The second kappa shape index (κ2) is 2.97. The number of nitrogens with one attached hydrogen (secondary N) is 1. The van der Waals surface area contributed by atoms with E-state index >= 15 is 0 Å². The Labute approximate surface area is 84.3 Å². The van der Waals surface area contributed by atoms with Gasteiger partial charge in [-0.25, -0.2) is 4.39 Å². The fourth-order valence-electron chi connectivity index (χ4n) is 1.87. The van der Waals surface area contributed by atoms with E-state index in [1.165, 1.54) is 6.07 Å². The second-order valence-corrected chi connectivity index (χ2v) is 5.04. The molecule has 2 heteroatoms. The molecule has 1 nitrogen and oxygen atoms in total. The van der Waals surface area contributed by atoms with Crippen molar-refractivity contribution in [2.75, 3.05) is 5.32 Å². The molecule has 2 rings (SSSR count). The molecule has 0 aliphatic carbocycles. The van der Waals surface area contributed by atoms with Gasteiger partial charge in [-0.1, -0.05) is 32.9 Å². The minimum absolute atomic E-state index is 0.130. The Morgan fingerprint density at radius 2 is 2.07 bits per heavy atom. The van der Waals surface area contributed by atoms with E-state index in [4.69, 9.17) is 0 Å². The highest BCUT2D eigenvalue weighted by Crippen LogP contribution is 2.35. The summed E-state index contributed by atoms with van der Waals surface area (Å²) in [5.74, 6) is -0.130. The molecule has 0 fully saturated rings. The third-order valence-electron chi connectivity index (χ3n) is 2.89. The Kier molecular flexibility index (Phi) is 2.02. The van der Waals surface area contributed by atoms with Gasteiger partial charge in [-0.2, -0.15) is 0 Å². The molecule has 0 aromatic heterocycles. The predicted molar refractivity (Wildman–Crippen MR) is 57.0 cm³/mol. The van der Waals surface area contributed by atoms with E-state index in [-0.39, 0.29) is 11.2 Å². The first-order valence-corrected chi connectivity index (χ1v) is 5.02. The molecule has 0 saturated heterocycles. The van der Waals surface area contributed by atoms with E-state index in [2.05, 4.69) is 26.1 Å². The zero-order valence-electron chi connectivity index (χ0n) is 8.89. The van der Waals surface area contributed by atoms with Crippen LogP contribution in [0.25, 0.3) is 0 Å². The normalized spacial score (nSPS) is 20.4. The topological polar surface area (TPSA) is 12.0 Å². The largest absolute Gasteiger partial charge is 0.379 e. The maximum absolute atomic E-state index is 13.4. The third kappa shape index (κ3) is 1.49. The molecule has 0 bridgehead atoms. The van der Waals surface area contributed by atoms with Gasteiger partial charge in [-0.3, -0.25) is 0 Å². The zero-order valence-corrected chi connectivity index (χ0v) is 8.89. The van der Waals surface area contributed by atoms with Crippen LogP contribution in [0.15, 0.2) is 18.2 Å². The Morgan fingerprint density at radius 3 is 2.64 bits per heavy atom. The van der Waals surface area contributed by atoms with E-state index < -0.39 is 0 Å². The molecule has 1 atom stereocenters. The Bertz CT molecular complexity index is 352. The lowest BCUT2D eigenvalue weighted by molar-refractivity contribution is 0.347. The lowest BCUT2D eigenvalue weighted by atomic mass is 9.85. The van der Waals surface area contributed by atoms with Crippen molar-refractivity contribution in [1.29, 1.82) is 0 Å². The fraction of sp³-hybridized carbons (Fsp3) is 0.500. The van der Waals surface area contributed by atoms with Crippen LogP contribution in [0.5, 0.6) is 0 Å². The van der Waals surface area contributed by atoms with Gasteiger partial charge in [0.1, 0.15) is 5.82 Å². The number of hydrogen-bond acceptors (Lipinski definition) is 1. The molecule has 1 aromatic carbocycles. The summed E-state index contributed by atoms with van der Waals surface area (Å²) in [4.78, 5) is 0. The van der Waals surface area contributed by atoms with E-state index in [0.29, 0.717) is 11.7 Å². The molecule has 1 N–H and O–H groups in total. The van der Waals surface area contributed by atoms with Crippen LogP contribution >= 0.6 is 0 Å². The van der Waals surface area contributed by atoms with Gasteiger partial charge in [0, 0.05) is 6.04 Å². The smallest absolute Gasteiger partial charge is 0.146 e. The Hall–Kier alpha value is -1.05. The summed E-state index contributed by atoms with van der Waals surface area (Å²) in [6.07, 6.45) is 0.927. The average Bonchev–Trinajstić information content (AvgIpc) is 2.48. The highest BCUT2D eigenvalue weighted by Gasteiger charge is 2.31. The maximum Gasteiger partial charge on any atom is 0.146 e. The van der Waals surface area contributed by atoms with Gasteiger partial charge in [0.05, 0.1) is 5.69 Å². The van der Waals surface area contributed by atoms with Crippen LogP contribution in [0.3, 0.4) is 0 Å². The first kappa shape index (κ1) is 9.50. The van der Waals surface area contributed by atoms with E-state index in [1.54, 1.807) is 6.07 Å². The van der Waals surface area contributed by atoms with Crippen molar-refractivity contribution in [2.45, 2.75) is 33.2 Å². The lowest BCUT2D eigenvalue weighted by Crippen LogP contribution is -2.31. The number of halogens is 1. The van der Waals surface area contributed by atoms with E-state index in [0.717, 1.165) is 12.0 Å². The second-order valence-electron chi connectivity index (χ2n) is 5.04. The molecule has 1 aliphatic rings. The minimum Gasteiger partial charge on any atom is -0.379 e. The Morgan fingerprint density at radius 1 is 1.36 bits per heavy atom. The number of anilines is 1. The van der Waals surface area contributed by atoms with Crippen LogP contribution in [-0.4, -0.2) is 6.04 Å². The molecule has 14 heavy (non-hydrogen) atoms. The van der Waals surface area contributed by atoms with Crippen LogP contribution in [0.1, 0.15) is 26.3 Å². The average molecular weight is 193 g/mol. The summed E-state index contributed by atoms with van der Waals surface area (Å²) in [6, 6.07) is 5.63. The third-order valence-corrected chi connectivity index (χ3v) is 2.89. The van der Waals surface area contributed by atoms with Crippen LogP contribution in [0, 0.1) is 11.2 Å². The molecule has 1 heterocycles. The Balaban J connectivity index is 2.31. The number of hydrogen-bond donors (Lipinski definition) is 1. The van der Waals surface area contributed by atoms with Crippen molar-refractivity contribution in [1.82, 2.24) is 0 Å². The maximum atomic E-state index is 13.4. The number of fused-ring (bicyclic) bond motifs is 1. The first-order chi connectivity index (χ1) is 6.48. The van der Waals surface area contributed by atoms with Crippen molar-refractivity contribution in [3.63, 3.8) is 0 Å². The van der Waals surface area contributed by atoms with Gasteiger partial charge < -0.3 is 5.32 Å². The van der Waals surface area contributed by atoms with Gasteiger partial charge >= 0.3 is 0 Å². The SMILES string of the molecule is CC(C)(C)C1Cc2cccc(F)c2N1. The number of rotatable bonds is 0. The molecular formula is C12H16FN. The van der Waals surface area contributed by atoms with E-state index in [1.807, 2.05) is 6.07 Å². The summed E-state index contributed by atoms with van der Waals surface area (Å²) in [6.45, 7) is 6.53. The predicted octanol–water partition coefficient (Wildman–Crippen LogP) is 3.21. The molecule has 1 aromatic rings. The first-order valence-electron chi connectivity index (χ1n) is 5.02. The summed E-state index contributed by atoms with van der Waals surface area (Å²) in [7, 11) is 0. The molecule has 1 unspecified atom stereocenters. The van der Waals surface area contributed by atoms with Crippen LogP contribution in [0.2, 0.25) is 0 Å². The van der Waals surface area contributed by atoms with Crippen molar-refractivity contribution < 1.29 is 4.39 Å². The molecular weight excluding hydrogens is 177 g/mol. The zero-order chi connectivity index (χ0) is 10.3. The van der Waals surface area contributed by atoms with Crippen LogP contribution in [0.4, 0.5) is 10.1 Å². The molecule has 1 aliphatic heterocycles. The van der Waals surface area contributed by atoms with Gasteiger partial charge in [-0.15, -0.1) is 0 Å². The quantitative estimate of drug-likeness (QED) is 0.667. The molecule has 0 radical (unpaired) electrons. The van der Waals surface area contributed by atoms with Gasteiger partial charge in [-0.05, 0) is 23.5 Å². The molecule has 0 saturated carbocycles. The van der Waals surface area contributed by atoms with E-state index in [9.17, 15) is 4.39 Å². The lowest BCUT2D eigenvalue weighted by Gasteiger charge is -2.27. The summed E-state index contributed by atoms with van der Waals surface area (Å²) in [5.41, 5.74) is 1.98. The monoisotopic (exact) mass is 193 g/mol. The summed E-state index contributed by atoms with van der Waals surface area (Å²) in [5, 5.41) is 3.27. The van der Waals surface area contributed by atoms with Crippen molar-refractivity contribution >= 4 is 5.69 Å². The number of para-hydroxylation sites is 1. The van der Waals surface area contributed by atoms with Gasteiger partial charge in [0.2, 0.25) is 0 Å². The van der Waals surface area contributed by atoms with Crippen molar-refractivity contribution in [3.8, 4) is 0 Å². The van der Waals surface area contributed by atoms with Crippen molar-refractivity contribution in [3.05, 3.63) is 29.6 Å². The molecule has 0 spiro atoms. The van der Waals surface area contributed by atoms with Gasteiger partial charge in [0.15, 0.2) is 0 Å². The highest BCUT2D eigenvalue weighted by atomic mass is 19.1. The summed E-state index contributed by atoms with van der Waals surface area (Å²) < 4.78 is 13.4. The number of benzene rings is 1. The van der Waals surface area contributed by atoms with Crippen molar-refractivity contribution in [2.24, 2.45) is 5.41 Å². The minimum atomic E-state index is -0.130. The molecule has 76 valence electrons. The summed E-state index contributed by atoms with van der Waals surface area (Å²) >= 11 is 0. The standard InChI is InChI=1S/C12H16FN/c1-12(2,3)10-7-8-5-4-6-9(13)11(8)14-10/h4-6,10,14H,7H2,1-3H3. The van der Waals surface area contributed by atoms with Crippen LogP contribution in [-0.2, 0) is 6.42 Å². The van der Waals surface area contributed by atoms with Crippen LogP contribution < -0.4 is 5.32 Å².